The quantitative estimate of drug-likeness (QED) is 0.794. The SMILES string of the molecule is O=C(NCc1ccc(F)cc1F)c1ccc(N2C[C@H]3C[C@H](C2)[C@H]2CCCC(=O)N2C3)nc1. The molecule has 3 fully saturated rings. The lowest BCUT2D eigenvalue weighted by atomic mass is 9.76. The van der Waals surface area contributed by atoms with E-state index in [0.717, 1.165) is 56.8 Å². The van der Waals surface area contributed by atoms with Gasteiger partial charge in [-0.05, 0) is 49.3 Å². The zero-order valence-electron chi connectivity index (χ0n) is 17.8. The van der Waals surface area contributed by atoms with Crippen LogP contribution in [0.1, 0.15) is 41.6 Å². The van der Waals surface area contributed by atoms with Crippen molar-refractivity contribution in [3.8, 4) is 0 Å². The van der Waals surface area contributed by atoms with Crippen molar-refractivity contribution in [3.05, 3.63) is 59.3 Å². The molecule has 0 spiro atoms. The minimum Gasteiger partial charge on any atom is -0.356 e. The van der Waals surface area contributed by atoms with Crippen LogP contribution in [0.25, 0.3) is 0 Å². The Morgan fingerprint density at radius 2 is 2.03 bits per heavy atom. The maximum atomic E-state index is 13.8. The van der Waals surface area contributed by atoms with Gasteiger partial charge in [-0.25, -0.2) is 13.8 Å². The summed E-state index contributed by atoms with van der Waals surface area (Å²) in [5.41, 5.74) is 0.608. The lowest BCUT2D eigenvalue weighted by molar-refractivity contribution is -0.142. The van der Waals surface area contributed by atoms with Gasteiger partial charge in [0.1, 0.15) is 17.5 Å². The molecule has 4 heterocycles. The van der Waals surface area contributed by atoms with Gasteiger partial charge >= 0.3 is 0 Å². The number of nitrogens with zero attached hydrogens (tertiary/aromatic N) is 3. The van der Waals surface area contributed by atoms with Crippen molar-refractivity contribution in [1.29, 1.82) is 0 Å². The Kier molecular flexibility index (Phi) is 5.53. The molecular formula is C24H26F2N4O2. The van der Waals surface area contributed by atoms with Gasteiger partial charge in [0.25, 0.3) is 5.91 Å². The summed E-state index contributed by atoms with van der Waals surface area (Å²) in [6.45, 7) is 2.53. The van der Waals surface area contributed by atoms with Gasteiger partial charge in [0, 0.05) is 56.5 Å². The second kappa shape index (κ2) is 8.48. The predicted octanol–water partition coefficient (Wildman–Crippen LogP) is 3.13. The van der Waals surface area contributed by atoms with E-state index < -0.39 is 11.6 Å². The lowest BCUT2D eigenvalue weighted by Crippen LogP contribution is -2.60. The van der Waals surface area contributed by atoms with E-state index in [4.69, 9.17) is 0 Å². The number of fused-ring (bicyclic) bond motifs is 4. The van der Waals surface area contributed by atoms with Crippen LogP contribution < -0.4 is 10.2 Å². The number of carbonyl (C=O) groups excluding carboxylic acids is 2. The molecule has 2 bridgehead atoms. The van der Waals surface area contributed by atoms with E-state index in [1.54, 1.807) is 6.07 Å². The third kappa shape index (κ3) is 4.06. The first-order valence-electron chi connectivity index (χ1n) is 11.2. The fraction of sp³-hybridized carbons (Fsp3) is 0.458. The van der Waals surface area contributed by atoms with Crippen molar-refractivity contribution in [3.63, 3.8) is 0 Å². The van der Waals surface area contributed by atoms with Crippen molar-refractivity contribution in [1.82, 2.24) is 15.2 Å². The van der Waals surface area contributed by atoms with Gasteiger partial charge in [0.05, 0.1) is 5.56 Å². The van der Waals surface area contributed by atoms with E-state index in [1.165, 1.54) is 12.3 Å². The fourth-order valence-corrected chi connectivity index (χ4v) is 5.45. The second-order valence-electron chi connectivity index (χ2n) is 9.10. The molecule has 3 saturated heterocycles. The second-order valence-corrected chi connectivity index (χ2v) is 9.10. The Hall–Kier alpha value is -3.03. The summed E-state index contributed by atoms with van der Waals surface area (Å²) in [6.07, 6.45) is 5.43. The van der Waals surface area contributed by atoms with E-state index in [9.17, 15) is 18.4 Å². The van der Waals surface area contributed by atoms with E-state index >= 15 is 0 Å². The maximum Gasteiger partial charge on any atom is 0.253 e. The molecule has 3 aliphatic heterocycles. The minimum absolute atomic E-state index is 0.0290. The predicted molar refractivity (Wildman–Crippen MR) is 115 cm³/mol. The molecule has 0 aliphatic carbocycles. The molecule has 0 unspecified atom stereocenters. The van der Waals surface area contributed by atoms with Gasteiger partial charge in [0.15, 0.2) is 0 Å². The number of pyridine rings is 1. The van der Waals surface area contributed by atoms with Gasteiger partial charge in [-0.2, -0.15) is 0 Å². The topological polar surface area (TPSA) is 65.5 Å². The standard InChI is InChI=1S/C24H26F2N4O2/c25-19-6-4-16(20(26)9-19)10-28-24(32)17-5-7-22(27-11-17)29-12-15-8-18(14-29)21-2-1-3-23(31)30(21)13-15/h4-7,9,11,15,18,21H,1-3,8,10,12-14H2,(H,28,32)/t15-,18-,21-/m1/s1. The van der Waals surface area contributed by atoms with Gasteiger partial charge in [0.2, 0.25) is 5.91 Å². The highest BCUT2D eigenvalue weighted by molar-refractivity contribution is 5.94. The highest BCUT2D eigenvalue weighted by atomic mass is 19.1. The summed E-state index contributed by atoms with van der Waals surface area (Å²) in [4.78, 5) is 33.6. The minimum atomic E-state index is -0.687. The molecule has 6 nitrogen and oxygen atoms in total. The highest BCUT2D eigenvalue weighted by Gasteiger charge is 2.44. The molecule has 5 rings (SSSR count). The molecule has 0 saturated carbocycles. The molecule has 1 aromatic carbocycles. The van der Waals surface area contributed by atoms with Crippen molar-refractivity contribution in [2.45, 2.75) is 38.3 Å². The molecular weight excluding hydrogens is 414 g/mol. The molecule has 32 heavy (non-hydrogen) atoms. The van der Waals surface area contributed by atoms with Crippen LogP contribution in [0.2, 0.25) is 0 Å². The summed E-state index contributed by atoms with van der Waals surface area (Å²) in [5.74, 6) is 0.341. The van der Waals surface area contributed by atoms with Gasteiger partial charge in [-0.15, -0.1) is 0 Å². The zero-order chi connectivity index (χ0) is 22.2. The Morgan fingerprint density at radius 3 is 2.81 bits per heavy atom. The summed E-state index contributed by atoms with van der Waals surface area (Å²) in [5, 5.41) is 2.65. The molecule has 168 valence electrons. The number of amides is 2. The summed E-state index contributed by atoms with van der Waals surface area (Å²) >= 11 is 0. The van der Waals surface area contributed by atoms with Crippen LogP contribution in [0, 0.1) is 23.5 Å². The van der Waals surface area contributed by atoms with Crippen LogP contribution >= 0.6 is 0 Å². The average Bonchev–Trinajstić information content (AvgIpc) is 2.79. The fourth-order valence-electron chi connectivity index (χ4n) is 5.45. The number of carbonyl (C=O) groups is 2. The van der Waals surface area contributed by atoms with Crippen LogP contribution in [0.15, 0.2) is 36.5 Å². The first kappa shape index (κ1) is 20.8. The van der Waals surface area contributed by atoms with E-state index in [0.29, 0.717) is 35.8 Å². The van der Waals surface area contributed by atoms with E-state index in [1.807, 2.05) is 6.07 Å². The van der Waals surface area contributed by atoms with Crippen molar-refractivity contribution >= 4 is 17.6 Å². The largest absolute Gasteiger partial charge is 0.356 e. The molecule has 1 aromatic heterocycles. The molecule has 2 amide bonds. The summed E-state index contributed by atoms with van der Waals surface area (Å²) < 4.78 is 26.8. The monoisotopic (exact) mass is 440 g/mol. The van der Waals surface area contributed by atoms with Crippen LogP contribution in [0.4, 0.5) is 14.6 Å². The van der Waals surface area contributed by atoms with E-state index in [-0.39, 0.29) is 18.0 Å². The smallest absolute Gasteiger partial charge is 0.253 e. The number of piperidine rings is 3. The average molecular weight is 440 g/mol. The van der Waals surface area contributed by atoms with Crippen LogP contribution in [0.5, 0.6) is 0 Å². The number of halogens is 2. The van der Waals surface area contributed by atoms with E-state index in [2.05, 4.69) is 20.1 Å². The molecule has 2 aromatic rings. The number of rotatable bonds is 4. The number of hydrogen-bond acceptors (Lipinski definition) is 4. The summed E-state index contributed by atoms with van der Waals surface area (Å²) in [6, 6.07) is 7.19. The highest BCUT2D eigenvalue weighted by Crippen LogP contribution is 2.38. The molecule has 3 aliphatic rings. The first-order valence-corrected chi connectivity index (χ1v) is 11.2. The number of hydrogen-bond donors (Lipinski definition) is 1. The third-order valence-corrected chi connectivity index (χ3v) is 6.97. The molecule has 3 atom stereocenters. The number of benzene rings is 1. The number of nitrogens with one attached hydrogen (secondary N) is 1. The van der Waals surface area contributed by atoms with Crippen molar-refractivity contribution in [2.75, 3.05) is 24.5 Å². The van der Waals surface area contributed by atoms with Crippen LogP contribution in [-0.4, -0.2) is 47.4 Å². The molecule has 1 N–H and O–H groups in total. The molecule has 0 radical (unpaired) electrons. The number of aromatic nitrogens is 1. The maximum absolute atomic E-state index is 13.8. The van der Waals surface area contributed by atoms with Gasteiger partial charge in [-0.1, -0.05) is 6.07 Å². The van der Waals surface area contributed by atoms with Crippen LogP contribution in [0.3, 0.4) is 0 Å². The third-order valence-electron chi connectivity index (χ3n) is 6.97. The Morgan fingerprint density at radius 1 is 1.16 bits per heavy atom. The van der Waals surface area contributed by atoms with Crippen molar-refractivity contribution in [2.24, 2.45) is 11.8 Å². The normalized spacial score (nSPS) is 24.8. The van der Waals surface area contributed by atoms with Crippen molar-refractivity contribution < 1.29 is 18.4 Å². The summed E-state index contributed by atoms with van der Waals surface area (Å²) in [7, 11) is 0. The molecule has 8 heteroatoms. The Labute approximate surface area is 185 Å². The zero-order valence-corrected chi connectivity index (χ0v) is 17.8. The number of anilines is 1. The van der Waals surface area contributed by atoms with Gasteiger partial charge in [-0.3, -0.25) is 9.59 Å². The van der Waals surface area contributed by atoms with Gasteiger partial charge < -0.3 is 15.1 Å². The Bertz CT molecular complexity index is 1030. The Balaban J connectivity index is 1.22. The first-order chi connectivity index (χ1) is 15.5. The lowest BCUT2D eigenvalue weighted by Gasteiger charge is -2.52. The van der Waals surface area contributed by atoms with Crippen LogP contribution in [-0.2, 0) is 11.3 Å².